The van der Waals surface area contributed by atoms with Gasteiger partial charge in [0.05, 0.1) is 18.4 Å². The van der Waals surface area contributed by atoms with Gasteiger partial charge in [-0.25, -0.2) is 4.79 Å². The van der Waals surface area contributed by atoms with Crippen LogP contribution >= 0.6 is 0 Å². The largest absolute Gasteiger partial charge is 0.465 e. The Morgan fingerprint density at radius 3 is 2.11 bits per heavy atom. The number of rotatable bonds is 4. The lowest BCUT2D eigenvalue weighted by molar-refractivity contribution is 0.0601. The predicted molar refractivity (Wildman–Crippen MR) is 111 cm³/mol. The second-order valence-electron chi connectivity index (χ2n) is 6.29. The summed E-state index contributed by atoms with van der Waals surface area (Å²) in [4.78, 5) is 17.0. The van der Waals surface area contributed by atoms with Crippen molar-refractivity contribution in [2.24, 2.45) is 0 Å². The van der Waals surface area contributed by atoms with Gasteiger partial charge >= 0.3 is 5.97 Å². The minimum absolute atomic E-state index is 0.386. The van der Waals surface area contributed by atoms with Gasteiger partial charge in [0, 0.05) is 29.0 Å². The molecule has 135 valence electrons. The van der Waals surface area contributed by atoms with E-state index in [1.165, 1.54) is 7.11 Å². The molecule has 0 atom stereocenters. The molecule has 0 bridgehead atoms. The fourth-order valence-corrected chi connectivity index (χ4v) is 3.18. The van der Waals surface area contributed by atoms with Gasteiger partial charge in [0.1, 0.15) is 0 Å². The molecule has 0 aliphatic heterocycles. The van der Waals surface area contributed by atoms with Crippen LogP contribution in [0.1, 0.15) is 10.4 Å². The summed E-state index contributed by atoms with van der Waals surface area (Å²) in [5, 5.41) is 0. The van der Waals surface area contributed by atoms with Crippen molar-refractivity contribution in [1.82, 2.24) is 4.98 Å². The molecule has 0 saturated carbocycles. The molecule has 1 heterocycles. The summed E-state index contributed by atoms with van der Waals surface area (Å²) in [6, 6.07) is 30.9. The fourth-order valence-electron chi connectivity index (χ4n) is 3.18. The smallest absolute Gasteiger partial charge is 0.338 e. The highest BCUT2D eigenvalue weighted by atomic mass is 16.5. The van der Waals surface area contributed by atoms with Crippen molar-refractivity contribution in [3.8, 4) is 33.5 Å². The van der Waals surface area contributed by atoms with Crippen LogP contribution in [0.3, 0.4) is 0 Å². The molecule has 0 saturated heterocycles. The van der Waals surface area contributed by atoms with Gasteiger partial charge in [0.2, 0.25) is 0 Å². The third-order valence-electron chi connectivity index (χ3n) is 4.55. The van der Waals surface area contributed by atoms with E-state index in [9.17, 15) is 4.79 Å². The molecule has 3 nitrogen and oxygen atoms in total. The summed E-state index contributed by atoms with van der Waals surface area (Å²) < 4.78 is 4.96. The van der Waals surface area contributed by atoms with E-state index < -0.39 is 0 Å². The molecule has 4 rings (SSSR count). The van der Waals surface area contributed by atoms with Gasteiger partial charge in [-0.2, -0.15) is 0 Å². The molecule has 4 aromatic rings. The summed E-state index contributed by atoms with van der Waals surface area (Å²) in [6.45, 7) is 0. The number of nitrogens with zero attached hydrogens (tertiary/aromatic N) is 1. The van der Waals surface area contributed by atoms with Crippen molar-refractivity contribution >= 4 is 5.97 Å². The molecule has 3 aromatic carbocycles. The summed E-state index contributed by atoms with van der Waals surface area (Å²) >= 11 is 0. The first-order valence-electron chi connectivity index (χ1n) is 8.99. The lowest BCUT2D eigenvalue weighted by atomic mass is 9.94. The van der Waals surface area contributed by atoms with Crippen molar-refractivity contribution in [3.05, 3.63) is 103 Å². The maximum Gasteiger partial charge on any atom is 0.338 e. The second kappa shape index (κ2) is 7.89. The van der Waals surface area contributed by atoms with Gasteiger partial charge in [-0.3, -0.25) is 4.98 Å². The minimum Gasteiger partial charge on any atom is -0.465 e. The van der Waals surface area contributed by atoms with E-state index in [-0.39, 0.29) is 5.97 Å². The van der Waals surface area contributed by atoms with E-state index in [0.717, 1.165) is 27.8 Å². The molecule has 0 fully saturated rings. The quantitative estimate of drug-likeness (QED) is 0.438. The molecule has 0 aliphatic rings. The summed E-state index contributed by atoms with van der Waals surface area (Å²) in [6.07, 6.45) is 1.80. The third-order valence-corrected chi connectivity index (χ3v) is 4.55. The monoisotopic (exact) mass is 364 g/mol. The highest BCUT2D eigenvalue weighted by Gasteiger charge is 2.18. The van der Waals surface area contributed by atoms with Crippen molar-refractivity contribution in [3.63, 3.8) is 0 Å². The topological polar surface area (TPSA) is 39.2 Å². The number of carbonyl (C=O) groups excluding carboxylic acids is 1. The Bertz CT molecular complexity index is 1110. The van der Waals surface area contributed by atoms with E-state index in [0.29, 0.717) is 11.3 Å². The molecular formula is C25H18NO2. The van der Waals surface area contributed by atoms with Gasteiger partial charge in [0.15, 0.2) is 0 Å². The molecule has 1 radical (unpaired) electrons. The normalized spacial score (nSPS) is 10.5. The number of benzene rings is 3. The van der Waals surface area contributed by atoms with E-state index in [1.807, 2.05) is 78.9 Å². The molecule has 0 unspecified atom stereocenters. The van der Waals surface area contributed by atoms with Gasteiger partial charge < -0.3 is 4.74 Å². The SMILES string of the molecule is COC(=O)c1ccccc1-c1ncc(-c2ccccc2)[c]c1-c1ccccc1. The molecular weight excluding hydrogens is 346 g/mol. The first-order valence-corrected chi connectivity index (χ1v) is 8.99. The zero-order chi connectivity index (χ0) is 19.3. The number of methoxy groups -OCH3 is 1. The number of aromatic nitrogens is 1. The van der Waals surface area contributed by atoms with E-state index in [2.05, 4.69) is 6.07 Å². The van der Waals surface area contributed by atoms with Crippen molar-refractivity contribution in [2.75, 3.05) is 7.11 Å². The number of ether oxygens (including phenoxy) is 1. The molecule has 0 aliphatic carbocycles. The van der Waals surface area contributed by atoms with Crippen LogP contribution in [0, 0.1) is 6.07 Å². The number of hydrogen-bond donors (Lipinski definition) is 0. The maximum absolute atomic E-state index is 12.3. The highest BCUT2D eigenvalue weighted by Crippen LogP contribution is 2.35. The maximum atomic E-state index is 12.3. The van der Waals surface area contributed by atoms with Crippen LogP contribution in [0.5, 0.6) is 0 Å². The van der Waals surface area contributed by atoms with Crippen molar-refractivity contribution in [2.45, 2.75) is 0 Å². The van der Waals surface area contributed by atoms with Crippen LogP contribution in [0.4, 0.5) is 0 Å². The average Bonchev–Trinajstić information content (AvgIpc) is 2.79. The van der Waals surface area contributed by atoms with Gasteiger partial charge in [-0.1, -0.05) is 78.9 Å². The molecule has 3 heteroatoms. The van der Waals surface area contributed by atoms with Crippen LogP contribution < -0.4 is 0 Å². The van der Waals surface area contributed by atoms with Crippen LogP contribution in [0.15, 0.2) is 91.1 Å². The molecule has 0 amide bonds. The van der Waals surface area contributed by atoms with Crippen LogP contribution in [-0.2, 0) is 4.74 Å². The van der Waals surface area contributed by atoms with E-state index in [4.69, 9.17) is 9.72 Å². The van der Waals surface area contributed by atoms with E-state index >= 15 is 0 Å². The van der Waals surface area contributed by atoms with Crippen LogP contribution in [0.25, 0.3) is 33.5 Å². The average molecular weight is 364 g/mol. The Balaban J connectivity index is 1.95. The van der Waals surface area contributed by atoms with Gasteiger partial charge in [-0.15, -0.1) is 0 Å². The Morgan fingerprint density at radius 1 is 0.821 bits per heavy atom. The first kappa shape index (κ1) is 17.7. The molecule has 0 spiro atoms. The lowest BCUT2D eigenvalue weighted by Gasteiger charge is -2.14. The number of carbonyl (C=O) groups is 1. The summed E-state index contributed by atoms with van der Waals surface area (Å²) in [5.41, 5.74) is 5.69. The second-order valence-corrected chi connectivity index (χ2v) is 6.29. The van der Waals surface area contributed by atoms with Crippen LogP contribution in [-0.4, -0.2) is 18.1 Å². The van der Waals surface area contributed by atoms with Crippen LogP contribution in [0.2, 0.25) is 0 Å². The zero-order valence-corrected chi connectivity index (χ0v) is 15.4. The summed E-state index contributed by atoms with van der Waals surface area (Å²) in [7, 11) is 1.38. The standard InChI is InChI=1S/C25H18NO2/c1-28-25(27)22-15-9-8-14-21(22)24-23(19-12-6-3-7-13-19)16-20(17-26-24)18-10-4-2-5-11-18/h2-15,17H,1H3. The summed E-state index contributed by atoms with van der Waals surface area (Å²) in [5.74, 6) is -0.386. The number of esters is 1. The Morgan fingerprint density at radius 2 is 1.43 bits per heavy atom. The lowest BCUT2D eigenvalue weighted by Crippen LogP contribution is -2.04. The molecule has 0 N–H and O–H groups in total. The number of pyridine rings is 1. The Labute approximate surface area is 164 Å². The molecule has 28 heavy (non-hydrogen) atoms. The van der Waals surface area contributed by atoms with Gasteiger partial charge in [-0.05, 0) is 17.2 Å². The van der Waals surface area contributed by atoms with E-state index in [1.54, 1.807) is 12.3 Å². The Kier molecular flexibility index (Phi) is 4.98. The predicted octanol–water partition coefficient (Wildman–Crippen LogP) is 5.67. The van der Waals surface area contributed by atoms with Gasteiger partial charge in [0.25, 0.3) is 0 Å². The Hall–Kier alpha value is -3.72. The fraction of sp³-hybridized carbons (Fsp3) is 0.0400. The number of hydrogen-bond acceptors (Lipinski definition) is 3. The highest BCUT2D eigenvalue weighted by molar-refractivity contribution is 5.99. The molecule has 1 aromatic heterocycles. The first-order chi connectivity index (χ1) is 13.8. The van der Waals surface area contributed by atoms with Crippen molar-refractivity contribution in [1.29, 1.82) is 0 Å². The minimum atomic E-state index is -0.386. The third kappa shape index (κ3) is 3.42. The van der Waals surface area contributed by atoms with Crippen molar-refractivity contribution < 1.29 is 9.53 Å². The zero-order valence-electron chi connectivity index (χ0n) is 15.4.